The zero-order valence-electron chi connectivity index (χ0n) is 7.97. The van der Waals surface area contributed by atoms with Gasteiger partial charge in [-0.25, -0.2) is 8.42 Å². The van der Waals surface area contributed by atoms with Crippen molar-refractivity contribution in [3.8, 4) is 0 Å². The lowest BCUT2D eigenvalue weighted by atomic mass is 9.80. The molecule has 14 heavy (non-hydrogen) atoms. The Morgan fingerprint density at radius 3 is 2.14 bits per heavy atom. The molecule has 0 bridgehead atoms. The molecule has 0 atom stereocenters. The molecular weight excluding hydrogens is 203 g/mol. The van der Waals surface area contributed by atoms with E-state index in [1.54, 1.807) is 0 Å². The lowest BCUT2D eigenvalue weighted by molar-refractivity contribution is 0.341. The quantitative estimate of drug-likeness (QED) is 0.684. The van der Waals surface area contributed by atoms with Crippen LogP contribution in [-0.2, 0) is 14.5 Å². The summed E-state index contributed by atoms with van der Waals surface area (Å²) in [6.07, 6.45) is 1.13. The average Bonchev–Trinajstić information content (AvgIpc) is 2.15. The maximum absolute atomic E-state index is 11.1. The first-order chi connectivity index (χ1) is 6.45. The number of benzene rings is 1. The van der Waals surface area contributed by atoms with Crippen molar-refractivity contribution >= 4 is 22.4 Å². The van der Waals surface area contributed by atoms with Crippen LogP contribution in [0.4, 0.5) is 0 Å². The fraction of sp³-hybridized carbons (Fsp3) is 0.250. The van der Waals surface area contributed by atoms with E-state index < -0.39 is 17.0 Å². The maximum atomic E-state index is 11.1. The molecule has 0 amide bonds. The van der Waals surface area contributed by atoms with Gasteiger partial charge in [0.2, 0.25) is 0 Å². The Hall–Kier alpha value is -0.845. The highest BCUT2D eigenvalue weighted by Crippen LogP contribution is 2.05. The summed E-state index contributed by atoms with van der Waals surface area (Å²) in [6.45, 7) is 0. The van der Waals surface area contributed by atoms with E-state index in [9.17, 15) is 13.4 Å². The number of sulfone groups is 1. The topological polar surface area (TPSA) is 63.6 Å². The standard InChI is InChI=1S/C8H11BO4S/c1-13-9(10)7-3-5-8(6-4-7)14(2,11)12/h3-6,10H,1-2H3. The predicted molar refractivity (Wildman–Crippen MR) is 54.2 cm³/mol. The highest BCUT2D eigenvalue weighted by molar-refractivity contribution is 7.90. The van der Waals surface area contributed by atoms with E-state index >= 15 is 0 Å². The number of hydrogen-bond acceptors (Lipinski definition) is 4. The number of hydrogen-bond donors (Lipinski definition) is 1. The van der Waals surface area contributed by atoms with Crippen LogP contribution in [0.15, 0.2) is 29.2 Å². The molecule has 0 aliphatic carbocycles. The van der Waals surface area contributed by atoms with Gasteiger partial charge < -0.3 is 9.68 Å². The summed E-state index contributed by atoms with van der Waals surface area (Å²) >= 11 is 0. The van der Waals surface area contributed by atoms with Gasteiger partial charge in [0.15, 0.2) is 9.84 Å². The van der Waals surface area contributed by atoms with E-state index in [0.29, 0.717) is 5.46 Å². The van der Waals surface area contributed by atoms with Gasteiger partial charge in [0.1, 0.15) is 0 Å². The fourth-order valence-corrected chi connectivity index (χ4v) is 1.65. The average molecular weight is 214 g/mol. The van der Waals surface area contributed by atoms with Crippen molar-refractivity contribution in [2.75, 3.05) is 13.4 Å². The van der Waals surface area contributed by atoms with Crippen LogP contribution in [0.1, 0.15) is 0 Å². The molecule has 1 aromatic rings. The Balaban J connectivity index is 3.01. The molecule has 0 heterocycles. The molecule has 0 unspecified atom stereocenters. The van der Waals surface area contributed by atoms with Gasteiger partial charge in [0, 0.05) is 13.4 Å². The molecular formula is C8H11BO4S. The van der Waals surface area contributed by atoms with Crippen molar-refractivity contribution in [1.82, 2.24) is 0 Å². The minimum Gasteiger partial charge on any atom is -0.423 e. The maximum Gasteiger partial charge on any atom is 0.490 e. The van der Waals surface area contributed by atoms with Crippen LogP contribution in [-0.4, -0.2) is 33.9 Å². The van der Waals surface area contributed by atoms with Gasteiger partial charge in [0.05, 0.1) is 4.90 Å². The van der Waals surface area contributed by atoms with Crippen LogP contribution >= 0.6 is 0 Å². The normalized spacial score (nSPS) is 11.4. The molecule has 76 valence electrons. The van der Waals surface area contributed by atoms with E-state index in [-0.39, 0.29) is 4.90 Å². The fourth-order valence-electron chi connectivity index (χ4n) is 1.02. The first-order valence-corrected chi connectivity index (χ1v) is 5.85. The molecule has 0 radical (unpaired) electrons. The largest absolute Gasteiger partial charge is 0.490 e. The lowest BCUT2D eigenvalue weighted by Gasteiger charge is -2.04. The summed E-state index contributed by atoms with van der Waals surface area (Å²) in [5, 5.41) is 9.25. The van der Waals surface area contributed by atoms with Crippen molar-refractivity contribution in [2.24, 2.45) is 0 Å². The third kappa shape index (κ3) is 2.57. The molecule has 0 aliphatic heterocycles. The van der Waals surface area contributed by atoms with E-state index in [2.05, 4.69) is 4.65 Å². The summed E-state index contributed by atoms with van der Waals surface area (Å²) < 4.78 is 26.8. The molecule has 0 aliphatic rings. The summed E-state index contributed by atoms with van der Waals surface area (Å²) in [5.41, 5.74) is 0.528. The Morgan fingerprint density at radius 2 is 1.79 bits per heavy atom. The molecule has 1 N–H and O–H groups in total. The smallest absolute Gasteiger partial charge is 0.423 e. The first kappa shape index (κ1) is 11.2. The van der Waals surface area contributed by atoms with E-state index in [4.69, 9.17) is 0 Å². The minimum atomic E-state index is -3.17. The van der Waals surface area contributed by atoms with Crippen LogP contribution in [0, 0.1) is 0 Å². The predicted octanol–water partition coefficient (Wildman–Crippen LogP) is -0.576. The molecule has 1 aromatic carbocycles. The van der Waals surface area contributed by atoms with E-state index in [1.165, 1.54) is 31.4 Å². The second-order valence-electron chi connectivity index (χ2n) is 2.93. The molecule has 4 nitrogen and oxygen atoms in total. The van der Waals surface area contributed by atoms with Gasteiger partial charge in [-0.1, -0.05) is 12.1 Å². The van der Waals surface area contributed by atoms with Crippen molar-refractivity contribution in [1.29, 1.82) is 0 Å². The SMILES string of the molecule is COB(O)c1ccc(S(C)(=O)=O)cc1. The van der Waals surface area contributed by atoms with E-state index in [1.807, 2.05) is 0 Å². The highest BCUT2D eigenvalue weighted by Gasteiger charge is 2.15. The molecule has 1 rings (SSSR count). The lowest BCUT2D eigenvalue weighted by Crippen LogP contribution is -2.32. The first-order valence-electron chi connectivity index (χ1n) is 3.96. The Labute approximate surface area is 83.6 Å². The van der Waals surface area contributed by atoms with Crippen LogP contribution in [0.3, 0.4) is 0 Å². The van der Waals surface area contributed by atoms with Crippen molar-refractivity contribution in [2.45, 2.75) is 4.90 Å². The van der Waals surface area contributed by atoms with Gasteiger partial charge in [-0.15, -0.1) is 0 Å². The summed E-state index contributed by atoms with van der Waals surface area (Å²) in [7, 11) is -2.81. The van der Waals surface area contributed by atoms with Crippen molar-refractivity contribution < 1.29 is 18.1 Å². The Bertz CT molecular complexity index is 398. The third-order valence-electron chi connectivity index (χ3n) is 1.82. The van der Waals surface area contributed by atoms with Crippen LogP contribution in [0.25, 0.3) is 0 Å². The summed E-state index contributed by atoms with van der Waals surface area (Å²) in [4.78, 5) is 0.226. The summed E-state index contributed by atoms with van der Waals surface area (Å²) in [6, 6.07) is 5.91. The van der Waals surface area contributed by atoms with Crippen LogP contribution in [0.5, 0.6) is 0 Å². The van der Waals surface area contributed by atoms with Gasteiger partial charge in [0.25, 0.3) is 0 Å². The summed E-state index contributed by atoms with van der Waals surface area (Å²) in [5.74, 6) is 0. The second-order valence-corrected chi connectivity index (χ2v) is 4.94. The van der Waals surface area contributed by atoms with Gasteiger partial charge in [-0.3, -0.25) is 0 Å². The molecule has 0 saturated carbocycles. The number of rotatable bonds is 3. The highest BCUT2D eigenvalue weighted by atomic mass is 32.2. The molecule has 6 heteroatoms. The zero-order chi connectivity index (χ0) is 10.8. The third-order valence-corrected chi connectivity index (χ3v) is 2.95. The van der Waals surface area contributed by atoms with Crippen molar-refractivity contribution in [3.05, 3.63) is 24.3 Å². The molecule has 0 saturated heterocycles. The monoisotopic (exact) mass is 214 g/mol. The van der Waals surface area contributed by atoms with Crippen LogP contribution in [0.2, 0.25) is 0 Å². The minimum absolute atomic E-state index is 0.226. The Morgan fingerprint density at radius 1 is 1.29 bits per heavy atom. The Kier molecular flexibility index (Phi) is 3.31. The molecule has 0 aromatic heterocycles. The molecule has 0 spiro atoms. The van der Waals surface area contributed by atoms with Gasteiger partial charge >= 0.3 is 7.12 Å². The molecule has 0 fully saturated rings. The van der Waals surface area contributed by atoms with Gasteiger partial charge in [-0.2, -0.15) is 0 Å². The van der Waals surface area contributed by atoms with Gasteiger partial charge in [-0.05, 0) is 17.6 Å². The van der Waals surface area contributed by atoms with Crippen molar-refractivity contribution in [3.63, 3.8) is 0 Å². The van der Waals surface area contributed by atoms with E-state index in [0.717, 1.165) is 6.26 Å². The second kappa shape index (κ2) is 4.12. The van der Waals surface area contributed by atoms with Crippen LogP contribution < -0.4 is 5.46 Å². The zero-order valence-corrected chi connectivity index (χ0v) is 8.78.